The molecule has 3 rings (SSSR count). The van der Waals surface area contributed by atoms with E-state index in [4.69, 9.17) is 4.74 Å². The van der Waals surface area contributed by atoms with Gasteiger partial charge in [-0.05, 0) is 45.1 Å². The Bertz CT molecular complexity index is 476. The number of ether oxygens (including phenoxy) is 1. The molecule has 1 aromatic carbocycles. The van der Waals surface area contributed by atoms with Gasteiger partial charge in [-0.25, -0.2) is 0 Å². The van der Waals surface area contributed by atoms with Crippen molar-refractivity contribution >= 4 is 0 Å². The molecule has 0 aromatic heterocycles. The van der Waals surface area contributed by atoms with Crippen LogP contribution in [0.3, 0.4) is 0 Å². The zero-order valence-electron chi connectivity index (χ0n) is 12.6. The number of aryl methyl sites for hydroxylation is 1. The first-order valence-corrected chi connectivity index (χ1v) is 7.82. The summed E-state index contributed by atoms with van der Waals surface area (Å²) in [7, 11) is 0. The van der Waals surface area contributed by atoms with Crippen LogP contribution in [0.25, 0.3) is 0 Å². The molecule has 110 valence electrons. The Morgan fingerprint density at radius 2 is 2.00 bits per heavy atom. The number of hydrogen-bond donors (Lipinski definition) is 1. The summed E-state index contributed by atoms with van der Waals surface area (Å²) in [5.74, 6) is 0.958. The van der Waals surface area contributed by atoms with Gasteiger partial charge in [0.1, 0.15) is 5.75 Å². The van der Waals surface area contributed by atoms with Crippen molar-refractivity contribution in [2.75, 3.05) is 19.7 Å². The molecule has 3 heteroatoms. The predicted octanol–water partition coefficient (Wildman–Crippen LogP) is 2.70. The van der Waals surface area contributed by atoms with E-state index in [9.17, 15) is 5.11 Å². The van der Waals surface area contributed by atoms with Crippen molar-refractivity contribution in [3.8, 4) is 5.75 Å². The van der Waals surface area contributed by atoms with Crippen molar-refractivity contribution in [2.24, 2.45) is 0 Å². The number of rotatable bonds is 2. The predicted molar refractivity (Wildman–Crippen MR) is 80.1 cm³/mol. The van der Waals surface area contributed by atoms with Crippen molar-refractivity contribution in [3.63, 3.8) is 0 Å². The third kappa shape index (κ3) is 2.45. The van der Waals surface area contributed by atoms with Crippen LogP contribution in [0, 0.1) is 0 Å². The fourth-order valence-corrected chi connectivity index (χ4v) is 3.44. The summed E-state index contributed by atoms with van der Waals surface area (Å²) >= 11 is 0. The zero-order valence-corrected chi connectivity index (χ0v) is 12.6. The molecule has 20 heavy (non-hydrogen) atoms. The van der Waals surface area contributed by atoms with Gasteiger partial charge in [-0.2, -0.15) is 0 Å². The summed E-state index contributed by atoms with van der Waals surface area (Å²) in [4.78, 5) is 2.44. The van der Waals surface area contributed by atoms with Crippen molar-refractivity contribution < 1.29 is 9.84 Å². The topological polar surface area (TPSA) is 32.7 Å². The Hall–Kier alpha value is -1.06. The minimum Gasteiger partial charge on any atom is -0.493 e. The van der Waals surface area contributed by atoms with Crippen molar-refractivity contribution in [1.29, 1.82) is 0 Å². The van der Waals surface area contributed by atoms with Gasteiger partial charge in [0.2, 0.25) is 0 Å². The van der Waals surface area contributed by atoms with Crippen molar-refractivity contribution in [2.45, 2.75) is 51.2 Å². The van der Waals surface area contributed by atoms with E-state index in [1.165, 1.54) is 5.56 Å². The lowest BCUT2D eigenvalue weighted by molar-refractivity contribution is -0.0344. The van der Waals surface area contributed by atoms with Crippen LogP contribution in [0.2, 0.25) is 0 Å². The van der Waals surface area contributed by atoms with Crippen LogP contribution in [-0.4, -0.2) is 35.7 Å². The monoisotopic (exact) mass is 275 g/mol. The van der Waals surface area contributed by atoms with E-state index in [0.717, 1.165) is 56.7 Å². The molecule has 0 atom stereocenters. The van der Waals surface area contributed by atoms with Crippen molar-refractivity contribution in [1.82, 2.24) is 4.90 Å². The SMILES string of the molecule is CC(C)N1CCC(O)(c2cccc3c2OCCC3)CC1. The zero-order chi connectivity index (χ0) is 14.2. The molecule has 3 nitrogen and oxygen atoms in total. The second kappa shape index (κ2) is 5.38. The highest BCUT2D eigenvalue weighted by atomic mass is 16.5. The molecule has 2 heterocycles. The summed E-state index contributed by atoms with van der Waals surface area (Å²) in [6, 6.07) is 6.80. The molecule has 0 unspecified atom stereocenters. The highest BCUT2D eigenvalue weighted by molar-refractivity contribution is 5.46. The summed E-state index contributed by atoms with van der Waals surface area (Å²) in [6.45, 7) is 7.13. The number of para-hydroxylation sites is 1. The Balaban J connectivity index is 1.86. The third-order valence-electron chi connectivity index (χ3n) is 4.79. The van der Waals surface area contributed by atoms with Crippen LogP contribution in [0.5, 0.6) is 5.75 Å². The van der Waals surface area contributed by atoms with Gasteiger partial charge in [0.25, 0.3) is 0 Å². The van der Waals surface area contributed by atoms with Gasteiger partial charge in [0.15, 0.2) is 0 Å². The van der Waals surface area contributed by atoms with E-state index in [2.05, 4.69) is 36.9 Å². The number of fused-ring (bicyclic) bond motifs is 1. The fourth-order valence-electron chi connectivity index (χ4n) is 3.44. The van der Waals surface area contributed by atoms with Crippen LogP contribution in [0.15, 0.2) is 18.2 Å². The maximum atomic E-state index is 11.1. The van der Waals surface area contributed by atoms with Gasteiger partial charge in [0.05, 0.1) is 12.2 Å². The van der Waals surface area contributed by atoms with Gasteiger partial charge < -0.3 is 14.7 Å². The highest BCUT2D eigenvalue weighted by Gasteiger charge is 2.37. The molecule has 1 saturated heterocycles. The molecule has 2 aliphatic heterocycles. The molecule has 0 saturated carbocycles. The van der Waals surface area contributed by atoms with E-state index in [1.807, 2.05) is 0 Å². The first-order chi connectivity index (χ1) is 9.60. The van der Waals surface area contributed by atoms with Gasteiger partial charge in [-0.1, -0.05) is 18.2 Å². The van der Waals surface area contributed by atoms with Crippen LogP contribution in [-0.2, 0) is 12.0 Å². The average Bonchev–Trinajstić information content (AvgIpc) is 2.47. The van der Waals surface area contributed by atoms with Crippen LogP contribution in [0.1, 0.15) is 44.2 Å². The van der Waals surface area contributed by atoms with Gasteiger partial charge in [0, 0.05) is 24.7 Å². The van der Waals surface area contributed by atoms with E-state index in [1.54, 1.807) is 0 Å². The van der Waals surface area contributed by atoms with E-state index in [0.29, 0.717) is 6.04 Å². The molecule has 2 aliphatic rings. The highest BCUT2D eigenvalue weighted by Crippen LogP contribution is 2.41. The smallest absolute Gasteiger partial charge is 0.128 e. The van der Waals surface area contributed by atoms with Gasteiger partial charge >= 0.3 is 0 Å². The number of benzene rings is 1. The third-order valence-corrected chi connectivity index (χ3v) is 4.79. The second-order valence-electron chi connectivity index (χ2n) is 6.41. The van der Waals surface area contributed by atoms with Crippen molar-refractivity contribution in [3.05, 3.63) is 29.3 Å². The van der Waals surface area contributed by atoms with Gasteiger partial charge in [-0.15, -0.1) is 0 Å². The number of hydrogen-bond acceptors (Lipinski definition) is 3. The number of nitrogens with zero attached hydrogens (tertiary/aromatic N) is 1. The molecule has 1 N–H and O–H groups in total. The molecule has 0 amide bonds. The largest absolute Gasteiger partial charge is 0.493 e. The minimum absolute atomic E-state index is 0.556. The fraction of sp³-hybridized carbons (Fsp3) is 0.647. The molecule has 0 radical (unpaired) electrons. The van der Waals surface area contributed by atoms with Crippen LogP contribution >= 0.6 is 0 Å². The molecule has 1 aromatic rings. The molecular weight excluding hydrogens is 250 g/mol. The maximum absolute atomic E-state index is 11.1. The summed E-state index contributed by atoms with van der Waals surface area (Å²) in [6.07, 6.45) is 3.74. The first-order valence-electron chi connectivity index (χ1n) is 7.82. The molecular formula is C17H25NO2. The average molecular weight is 275 g/mol. The second-order valence-corrected chi connectivity index (χ2v) is 6.41. The number of piperidine rings is 1. The Kier molecular flexibility index (Phi) is 3.74. The van der Waals surface area contributed by atoms with E-state index >= 15 is 0 Å². The summed E-state index contributed by atoms with van der Waals surface area (Å²) in [5, 5.41) is 11.1. The van der Waals surface area contributed by atoms with E-state index < -0.39 is 5.60 Å². The minimum atomic E-state index is -0.714. The first kappa shape index (κ1) is 13.9. The lowest BCUT2D eigenvalue weighted by Crippen LogP contribution is -2.45. The summed E-state index contributed by atoms with van der Waals surface area (Å²) in [5.41, 5.74) is 1.56. The van der Waals surface area contributed by atoms with E-state index in [-0.39, 0.29) is 0 Å². The van der Waals surface area contributed by atoms with Gasteiger partial charge in [-0.3, -0.25) is 0 Å². The standard InChI is InChI=1S/C17H25NO2/c1-13(2)18-10-8-17(19,9-11-18)15-7-3-5-14-6-4-12-20-16(14)15/h3,5,7,13,19H,4,6,8-12H2,1-2H3. The van der Waals surface area contributed by atoms with Crippen LogP contribution < -0.4 is 4.74 Å². The Labute approximate surface area is 121 Å². The molecule has 0 bridgehead atoms. The molecule has 0 spiro atoms. The lowest BCUT2D eigenvalue weighted by atomic mass is 9.82. The number of likely N-dealkylation sites (tertiary alicyclic amines) is 1. The Morgan fingerprint density at radius 3 is 2.70 bits per heavy atom. The lowest BCUT2D eigenvalue weighted by Gasteiger charge is -2.41. The number of aliphatic hydroxyl groups is 1. The quantitative estimate of drug-likeness (QED) is 0.901. The Morgan fingerprint density at radius 1 is 1.25 bits per heavy atom. The normalized spacial score (nSPS) is 22.4. The molecule has 0 aliphatic carbocycles. The maximum Gasteiger partial charge on any atom is 0.128 e. The summed E-state index contributed by atoms with van der Waals surface area (Å²) < 4.78 is 5.87. The van der Waals surface area contributed by atoms with Crippen LogP contribution in [0.4, 0.5) is 0 Å². The molecule has 1 fully saturated rings.